The SMILES string of the molecule is CN1C(C)(C)CC(COC(=O)c2cc(C(=O)OCC3CC(C)(C)N(C)C3(C)C)cc(-c3cc(C(=O)OCC4CC(C)(C)N(C)C4(C)C)cc(C(=O)OCC4CC(C)(C)N(C)C4(C)C)c3)c2)C1(C)C. The molecule has 68 heavy (non-hydrogen) atoms. The first-order valence-electron chi connectivity index (χ1n) is 24.9. The molecule has 0 spiro atoms. The van der Waals surface area contributed by atoms with E-state index in [-0.39, 0.29) is 117 Å². The molecule has 12 nitrogen and oxygen atoms in total. The highest BCUT2D eigenvalue weighted by atomic mass is 16.5. The predicted octanol–water partition coefficient (Wildman–Crippen LogP) is 10.0. The van der Waals surface area contributed by atoms with Crippen LogP contribution >= 0.6 is 0 Å². The second-order valence-corrected chi connectivity index (χ2v) is 25.7. The van der Waals surface area contributed by atoms with E-state index < -0.39 is 23.9 Å². The zero-order chi connectivity index (χ0) is 51.1. The molecule has 6 rings (SSSR count). The summed E-state index contributed by atoms with van der Waals surface area (Å²) < 4.78 is 24.4. The van der Waals surface area contributed by atoms with Gasteiger partial charge < -0.3 is 18.9 Å². The zero-order valence-corrected chi connectivity index (χ0v) is 45.5. The molecule has 12 heteroatoms. The van der Waals surface area contributed by atoms with E-state index >= 15 is 0 Å². The minimum absolute atomic E-state index is 0.0649. The Bertz CT molecular complexity index is 1970. The van der Waals surface area contributed by atoms with Gasteiger partial charge in [-0.2, -0.15) is 0 Å². The van der Waals surface area contributed by atoms with Gasteiger partial charge in [0, 0.05) is 68.0 Å². The van der Waals surface area contributed by atoms with Crippen molar-refractivity contribution in [3.05, 3.63) is 58.7 Å². The number of nitrogens with zero attached hydrogens (tertiary/aromatic N) is 4. The van der Waals surface area contributed by atoms with Gasteiger partial charge in [-0.25, -0.2) is 19.2 Å². The number of likely N-dealkylation sites (tertiary alicyclic amines) is 4. The lowest BCUT2D eigenvalue weighted by Crippen LogP contribution is -2.47. The second kappa shape index (κ2) is 18.1. The summed E-state index contributed by atoms with van der Waals surface area (Å²) in [6.45, 7) is 35.7. The van der Waals surface area contributed by atoms with Crippen LogP contribution in [0.25, 0.3) is 11.1 Å². The number of carbonyl (C=O) groups is 4. The third kappa shape index (κ3) is 10.0. The lowest BCUT2D eigenvalue weighted by molar-refractivity contribution is 0.0308. The first-order chi connectivity index (χ1) is 31.0. The minimum atomic E-state index is -0.585. The average Bonchev–Trinajstić information content (AvgIpc) is 3.68. The third-order valence-electron chi connectivity index (χ3n) is 18.9. The maximum atomic E-state index is 14.2. The van der Waals surface area contributed by atoms with Crippen LogP contribution in [0.1, 0.15) is 178 Å². The molecule has 4 unspecified atom stereocenters. The molecule has 0 N–H and O–H groups in total. The fourth-order valence-electron chi connectivity index (χ4n) is 12.3. The molecule has 4 saturated heterocycles. The van der Waals surface area contributed by atoms with Crippen molar-refractivity contribution < 1.29 is 38.1 Å². The van der Waals surface area contributed by atoms with Crippen molar-refractivity contribution in [2.45, 2.75) is 181 Å². The highest BCUT2D eigenvalue weighted by molar-refractivity contribution is 6.00. The monoisotopic (exact) mass is 943 g/mol. The van der Waals surface area contributed by atoms with Gasteiger partial charge in [0.15, 0.2) is 0 Å². The summed E-state index contributed by atoms with van der Waals surface area (Å²) in [5.74, 6) is -2.08. The largest absolute Gasteiger partial charge is 0.462 e. The van der Waals surface area contributed by atoms with Crippen LogP contribution in [-0.4, -0.2) is 142 Å². The average molecular weight is 943 g/mol. The molecule has 378 valence electrons. The standard InChI is InChI=1S/C56H86N4O8/c1-49(2)27-41(53(9,10)57(49)17)31-65-45(61)37-21-35(22-38(25-37)46(62)66-32-42-28-50(3,4)58(18)54(42,11)12)36-23-39(47(63)67-33-43-29-51(5,6)59(19)55(43,13)14)26-40(24-36)48(64)68-34-44-30-52(7,8)60(20)56(44,15)16/h21-26,41-44H,27-34H2,1-20H3. The Labute approximate surface area is 409 Å². The van der Waals surface area contributed by atoms with Crippen molar-refractivity contribution in [2.75, 3.05) is 54.6 Å². The topological polar surface area (TPSA) is 118 Å². The van der Waals surface area contributed by atoms with Crippen molar-refractivity contribution in [3.63, 3.8) is 0 Å². The lowest BCUT2D eigenvalue weighted by Gasteiger charge is -2.38. The van der Waals surface area contributed by atoms with Gasteiger partial charge in [-0.05, 0) is 212 Å². The molecule has 0 radical (unpaired) electrons. The van der Waals surface area contributed by atoms with Crippen molar-refractivity contribution >= 4 is 23.9 Å². The Morgan fingerprint density at radius 1 is 0.368 bits per heavy atom. The summed E-state index contributed by atoms with van der Waals surface area (Å²) in [6, 6.07) is 9.68. The van der Waals surface area contributed by atoms with Crippen LogP contribution in [0.4, 0.5) is 0 Å². The summed E-state index contributed by atoms with van der Waals surface area (Å²) in [4.78, 5) is 66.3. The van der Waals surface area contributed by atoms with Crippen LogP contribution in [-0.2, 0) is 18.9 Å². The van der Waals surface area contributed by atoms with E-state index in [2.05, 4.69) is 159 Å². The fourth-order valence-corrected chi connectivity index (χ4v) is 12.3. The van der Waals surface area contributed by atoms with Gasteiger partial charge in [0.2, 0.25) is 0 Å². The van der Waals surface area contributed by atoms with E-state index in [1.54, 1.807) is 24.3 Å². The highest BCUT2D eigenvalue weighted by Crippen LogP contribution is 2.47. The van der Waals surface area contributed by atoms with Crippen molar-refractivity contribution in [1.82, 2.24) is 19.6 Å². The lowest BCUT2D eigenvalue weighted by atomic mass is 9.87. The Kier molecular flexibility index (Phi) is 14.2. The third-order valence-corrected chi connectivity index (χ3v) is 18.9. The molecule has 0 aromatic heterocycles. The van der Waals surface area contributed by atoms with Crippen molar-refractivity contribution in [3.8, 4) is 11.1 Å². The van der Waals surface area contributed by atoms with Gasteiger partial charge in [0.25, 0.3) is 0 Å². The number of benzene rings is 2. The summed E-state index contributed by atoms with van der Waals surface area (Å²) in [7, 11) is 8.41. The van der Waals surface area contributed by atoms with E-state index in [4.69, 9.17) is 18.9 Å². The molecule has 2 aromatic rings. The predicted molar refractivity (Wildman–Crippen MR) is 269 cm³/mol. The molecular weight excluding hydrogens is 857 g/mol. The van der Waals surface area contributed by atoms with Gasteiger partial charge >= 0.3 is 23.9 Å². The molecule has 0 aliphatic carbocycles. The first kappa shape index (κ1) is 53.5. The summed E-state index contributed by atoms with van der Waals surface area (Å²) in [6.07, 6.45) is 3.36. The Hall–Kier alpha value is -3.84. The number of carbonyl (C=O) groups excluding carboxylic acids is 4. The van der Waals surface area contributed by atoms with E-state index in [0.29, 0.717) is 11.1 Å². The van der Waals surface area contributed by atoms with E-state index in [1.165, 1.54) is 12.1 Å². The van der Waals surface area contributed by atoms with Crippen molar-refractivity contribution in [1.29, 1.82) is 0 Å². The Morgan fingerprint density at radius 2 is 0.544 bits per heavy atom. The molecule has 4 aliphatic heterocycles. The van der Waals surface area contributed by atoms with Crippen LogP contribution in [0.3, 0.4) is 0 Å². The zero-order valence-electron chi connectivity index (χ0n) is 45.5. The molecule has 0 amide bonds. The number of ether oxygens (including phenoxy) is 4. The van der Waals surface area contributed by atoms with Gasteiger partial charge in [-0.1, -0.05) is 0 Å². The maximum Gasteiger partial charge on any atom is 0.338 e. The summed E-state index contributed by atoms with van der Waals surface area (Å²) in [5.41, 5.74) is 0.248. The molecular formula is C56H86N4O8. The highest BCUT2D eigenvalue weighted by Gasteiger charge is 2.53. The van der Waals surface area contributed by atoms with Gasteiger partial charge in [-0.15, -0.1) is 0 Å². The van der Waals surface area contributed by atoms with E-state index in [9.17, 15) is 19.2 Å². The number of hydrogen-bond donors (Lipinski definition) is 0. The molecule has 0 bridgehead atoms. The van der Waals surface area contributed by atoms with Gasteiger partial charge in [0.05, 0.1) is 48.7 Å². The van der Waals surface area contributed by atoms with Gasteiger partial charge in [0.1, 0.15) is 0 Å². The second-order valence-electron chi connectivity index (χ2n) is 25.7. The van der Waals surface area contributed by atoms with Crippen LogP contribution in [0, 0.1) is 23.7 Å². The van der Waals surface area contributed by atoms with Crippen LogP contribution in [0.15, 0.2) is 36.4 Å². The number of hydrogen-bond acceptors (Lipinski definition) is 12. The van der Waals surface area contributed by atoms with Crippen LogP contribution in [0.5, 0.6) is 0 Å². The Morgan fingerprint density at radius 3 is 0.691 bits per heavy atom. The minimum Gasteiger partial charge on any atom is -0.462 e. The maximum absolute atomic E-state index is 14.2. The molecule has 0 saturated carbocycles. The normalized spacial score (nSPS) is 27.8. The van der Waals surface area contributed by atoms with E-state index in [0.717, 1.165) is 25.7 Å². The van der Waals surface area contributed by atoms with E-state index in [1.807, 2.05) is 0 Å². The van der Waals surface area contributed by atoms with Crippen molar-refractivity contribution in [2.24, 2.45) is 23.7 Å². The summed E-state index contributed by atoms with van der Waals surface area (Å²) in [5, 5.41) is 0. The van der Waals surface area contributed by atoms with Gasteiger partial charge in [-0.3, -0.25) is 19.6 Å². The fraction of sp³-hybridized carbons (Fsp3) is 0.714. The quantitative estimate of drug-likeness (QED) is 0.141. The molecule has 4 aliphatic rings. The number of rotatable bonds is 13. The summed E-state index contributed by atoms with van der Waals surface area (Å²) >= 11 is 0. The smallest absolute Gasteiger partial charge is 0.338 e. The van der Waals surface area contributed by atoms with Crippen LogP contribution < -0.4 is 0 Å². The van der Waals surface area contributed by atoms with Crippen LogP contribution in [0.2, 0.25) is 0 Å². The molecule has 2 aromatic carbocycles. The molecule has 4 fully saturated rings. The number of esters is 4. The molecule has 4 heterocycles. The Balaban J connectivity index is 1.37. The first-order valence-corrected chi connectivity index (χ1v) is 24.9. The molecule has 4 atom stereocenters.